The van der Waals surface area contributed by atoms with E-state index in [1.807, 2.05) is 4.72 Å². The van der Waals surface area contributed by atoms with Gasteiger partial charge in [0.15, 0.2) is 5.82 Å². The number of anilines is 1. The summed E-state index contributed by atoms with van der Waals surface area (Å²) in [6.07, 6.45) is 4.73. The Bertz CT molecular complexity index is 773. The van der Waals surface area contributed by atoms with Crippen molar-refractivity contribution in [1.82, 2.24) is 4.98 Å². The summed E-state index contributed by atoms with van der Waals surface area (Å²) < 4.78 is 50.6. The summed E-state index contributed by atoms with van der Waals surface area (Å²) in [7, 11) is -7.10. The molecule has 0 aromatic carbocycles. The fourth-order valence-electron chi connectivity index (χ4n) is 1.71. The molecule has 23 heavy (non-hydrogen) atoms. The van der Waals surface area contributed by atoms with Crippen LogP contribution in [0, 0.1) is 0 Å². The smallest absolute Gasteiger partial charge is 0.339 e. The molecule has 0 aliphatic rings. The van der Waals surface area contributed by atoms with Crippen LogP contribution in [0.25, 0.3) is 0 Å². The topological polar surface area (TPSA) is 140 Å². The normalized spacial score (nSPS) is 12.1. The van der Waals surface area contributed by atoms with Gasteiger partial charge >= 0.3 is 5.97 Å². The second-order valence-corrected chi connectivity index (χ2v) is 8.29. The Hall–Kier alpha value is -1.72. The summed E-state index contributed by atoms with van der Waals surface area (Å²) in [5.41, 5.74) is 0.348. The van der Waals surface area contributed by atoms with E-state index in [-0.39, 0.29) is 18.0 Å². The molecule has 0 bridgehead atoms. The first kappa shape index (κ1) is 19.3. The van der Waals surface area contributed by atoms with Crippen LogP contribution >= 0.6 is 0 Å². The number of carboxylic acid groups (broad SMARTS) is 1. The van der Waals surface area contributed by atoms with Gasteiger partial charge in [-0.25, -0.2) is 18.2 Å². The molecule has 1 aromatic rings. The summed E-state index contributed by atoms with van der Waals surface area (Å²) in [4.78, 5) is 15.0. The van der Waals surface area contributed by atoms with Gasteiger partial charge in [0.1, 0.15) is 5.56 Å². The number of aromatic nitrogens is 1. The van der Waals surface area contributed by atoms with Gasteiger partial charge in [-0.3, -0.25) is 8.91 Å². The van der Waals surface area contributed by atoms with Crippen LogP contribution in [-0.4, -0.2) is 52.0 Å². The summed E-state index contributed by atoms with van der Waals surface area (Å²) in [6.45, 7) is 0.0474. The largest absolute Gasteiger partial charge is 0.478 e. The van der Waals surface area contributed by atoms with Crippen LogP contribution in [-0.2, 0) is 30.7 Å². The Morgan fingerprint density at radius 3 is 2.43 bits per heavy atom. The van der Waals surface area contributed by atoms with Crippen LogP contribution in [0.3, 0.4) is 0 Å². The maximum absolute atomic E-state index is 11.2. The SMILES string of the molecule is CS(=O)(=O)Nc1ncc(CCCCOS(C)(=O)=O)cc1C(=O)O. The molecule has 0 atom stereocenters. The lowest BCUT2D eigenvalue weighted by Crippen LogP contribution is -2.15. The van der Waals surface area contributed by atoms with Gasteiger partial charge in [0, 0.05) is 6.20 Å². The summed E-state index contributed by atoms with van der Waals surface area (Å²) in [6, 6.07) is 1.33. The van der Waals surface area contributed by atoms with E-state index in [9.17, 15) is 21.6 Å². The van der Waals surface area contributed by atoms with Crippen molar-refractivity contribution < 1.29 is 30.9 Å². The highest BCUT2D eigenvalue weighted by molar-refractivity contribution is 7.92. The molecule has 0 unspecified atom stereocenters. The van der Waals surface area contributed by atoms with E-state index in [1.54, 1.807) is 0 Å². The number of carbonyl (C=O) groups is 1. The molecule has 0 amide bonds. The quantitative estimate of drug-likeness (QED) is 0.474. The van der Waals surface area contributed by atoms with Gasteiger partial charge in [0.2, 0.25) is 10.0 Å². The van der Waals surface area contributed by atoms with E-state index >= 15 is 0 Å². The van der Waals surface area contributed by atoms with Gasteiger partial charge in [-0.2, -0.15) is 8.42 Å². The van der Waals surface area contributed by atoms with Crippen molar-refractivity contribution in [2.24, 2.45) is 0 Å². The molecular formula is C12H18N2O7S2. The monoisotopic (exact) mass is 366 g/mol. The molecule has 1 rings (SSSR count). The molecule has 11 heteroatoms. The lowest BCUT2D eigenvalue weighted by Gasteiger charge is -2.09. The van der Waals surface area contributed by atoms with Crippen LogP contribution in [0.2, 0.25) is 0 Å². The molecule has 9 nitrogen and oxygen atoms in total. The molecule has 0 radical (unpaired) electrons. The highest BCUT2D eigenvalue weighted by Gasteiger charge is 2.15. The van der Waals surface area contributed by atoms with Crippen molar-refractivity contribution in [1.29, 1.82) is 0 Å². The summed E-state index contributed by atoms with van der Waals surface area (Å²) in [5.74, 6) is -1.55. The molecule has 0 saturated carbocycles. The zero-order chi connectivity index (χ0) is 17.7. The molecule has 0 aliphatic carbocycles. The molecule has 2 N–H and O–H groups in total. The Labute approximate surface area is 134 Å². The predicted molar refractivity (Wildman–Crippen MR) is 83.4 cm³/mol. The Morgan fingerprint density at radius 2 is 1.91 bits per heavy atom. The lowest BCUT2D eigenvalue weighted by atomic mass is 10.1. The maximum Gasteiger partial charge on any atom is 0.339 e. The Morgan fingerprint density at radius 1 is 1.26 bits per heavy atom. The molecular weight excluding hydrogens is 348 g/mol. The van der Waals surface area contributed by atoms with Crippen molar-refractivity contribution in [3.8, 4) is 0 Å². The zero-order valence-electron chi connectivity index (χ0n) is 12.6. The van der Waals surface area contributed by atoms with Crippen LogP contribution in [0.5, 0.6) is 0 Å². The van der Waals surface area contributed by atoms with Gasteiger partial charge in [0.25, 0.3) is 10.1 Å². The van der Waals surface area contributed by atoms with Gasteiger partial charge in [0.05, 0.1) is 19.1 Å². The number of rotatable bonds is 9. The predicted octanol–water partition coefficient (Wildman–Crippen LogP) is 0.450. The van der Waals surface area contributed by atoms with E-state index in [1.165, 1.54) is 12.3 Å². The lowest BCUT2D eigenvalue weighted by molar-refractivity contribution is 0.0697. The highest BCUT2D eigenvalue weighted by atomic mass is 32.2. The average molecular weight is 366 g/mol. The molecule has 0 aliphatic heterocycles. The summed E-state index contributed by atoms with van der Waals surface area (Å²) >= 11 is 0. The average Bonchev–Trinajstić information content (AvgIpc) is 2.36. The second kappa shape index (κ2) is 7.70. The molecule has 0 spiro atoms. The van der Waals surface area contributed by atoms with Crippen LogP contribution in [0.4, 0.5) is 5.82 Å². The van der Waals surface area contributed by atoms with Gasteiger partial charge in [-0.15, -0.1) is 0 Å². The number of pyridine rings is 1. The maximum atomic E-state index is 11.2. The minimum absolute atomic E-state index is 0.0474. The van der Waals surface area contributed by atoms with E-state index in [0.29, 0.717) is 24.8 Å². The van der Waals surface area contributed by atoms with Crippen molar-refractivity contribution >= 4 is 31.9 Å². The minimum Gasteiger partial charge on any atom is -0.478 e. The first-order valence-electron chi connectivity index (χ1n) is 6.52. The molecule has 0 saturated heterocycles. The Kier molecular flexibility index (Phi) is 6.47. The third-order valence-electron chi connectivity index (χ3n) is 2.61. The second-order valence-electron chi connectivity index (χ2n) is 4.90. The van der Waals surface area contributed by atoms with Crippen LogP contribution in [0.1, 0.15) is 28.8 Å². The Balaban J connectivity index is 2.71. The molecule has 130 valence electrons. The number of aryl methyl sites for hydroxylation is 1. The highest BCUT2D eigenvalue weighted by Crippen LogP contribution is 2.17. The number of unbranched alkanes of at least 4 members (excludes halogenated alkanes) is 1. The number of sulfonamides is 1. The van der Waals surface area contributed by atoms with Gasteiger partial charge in [-0.05, 0) is 30.9 Å². The third kappa shape index (κ3) is 7.90. The number of carboxylic acids is 1. The fraction of sp³-hybridized carbons (Fsp3) is 0.500. The van der Waals surface area contributed by atoms with Crippen molar-refractivity contribution in [2.45, 2.75) is 19.3 Å². The molecule has 0 fully saturated rings. The van der Waals surface area contributed by atoms with Gasteiger partial charge < -0.3 is 5.11 Å². The van der Waals surface area contributed by atoms with E-state index < -0.39 is 26.1 Å². The van der Waals surface area contributed by atoms with Crippen molar-refractivity contribution in [3.63, 3.8) is 0 Å². The van der Waals surface area contributed by atoms with E-state index in [2.05, 4.69) is 9.17 Å². The van der Waals surface area contributed by atoms with Crippen molar-refractivity contribution in [3.05, 3.63) is 23.4 Å². The van der Waals surface area contributed by atoms with Crippen LogP contribution in [0.15, 0.2) is 12.3 Å². The molecule has 1 heterocycles. The standard InChI is InChI=1S/C12H18N2O7S2/c1-22(17,18)14-11-10(12(15)16)7-9(8-13-11)5-3-4-6-21-23(2,19)20/h7-8H,3-6H2,1-2H3,(H,13,14)(H,15,16). The first-order valence-corrected chi connectivity index (χ1v) is 10.2. The third-order valence-corrected chi connectivity index (χ3v) is 3.77. The fourth-order valence-corrected chi connectivity index (χ4v) is 2.64. The number of nitrogens with one attached hydrogen (secondary N) is 1. The number of hydrogen-bond acceptors (Lipinski definition) is 7. The van der Waals surface area contributed by atoms with Crippen LogP contribution < -0.4 is 4.72 Å². The van der Waals surface area contributed by atoms with E-state index in [4.69, 9.17) is 5.11 Å². The molecule has 1 aromatic heterocycles. The van der Waals surface area contributed by atoms with Gasteiger partial charge in [-0.1, -0.05) is 0 Å². The number of aromatic carboxylic acids is 1. The number of nitrogens with zero attached hydrogens (tertiary/aromatic N) is 1. The first-order chi connectivity index (χ1) is 10.5. The van der Waals surface area contributed by atoms with Crippen molar-refractivity contribution in [2.75, 3.05) is 23.8 Å². The minimum atomic E-state index is -3.63. The summed E-state index contributed by atoms with van der Waals surface area (Å²) in [5, 5.41) is 9.12. The zero-order valence-corrected chi connectivity index (χ0v) is 14.3. The number of hydrogen-bond donors (Lipinski definition) is 2. The van der Waals surface area contributed by atoms with E-state index in [0.717, 1.165) is 12.5 Å².